The molecule has 6 nitrogen and oxygen atoms in total. The number of aliphatic imine (C=N–C) groups is 1. The second-order valence-electron chi connectivity index (χ2n) is 5.68. The first kappa shape index (κ1) is 16.8. The Hall–Kier alpha value is -1.24. The van der Waals surface area contributed by atoms with E-state index in [0.29, 0.717) is 6.42 Å². The maximum Gasteiger partial charge on any atom is 0.408 e. The highest BCUT2D eigenvalue weighted by atomic mass is 32.2. The van der Waals surface area contributed by atoms with E-state index >= 15 is 0 Å². The molecule has 0 aromatic rings. The maximum atomic E-state index is 11.7. The lowest BCUT2D eigenvalue weighted by Crippen LogP contribution is -2.44. The number of nitrogens with one attached hydrogen (secondary N) is 1. The van der Waals surface area contributed by atoms with Crippen molar-refractivity contribution in [1.29, 1.82) is 0 Å². The number of carboxylic acids is 1. The van der Waals surface area contributed by atoms with Crippen molar-refractivity contribution in [3.63, 3.8) is 0 Å². The topological polar surface area (TPSA) is 88.0 Å². The second kappa shape index (κ2) is 6.97. The van der Waals surface area contributed by atoms with Gasteiger partial charge in [-0.15, -0.1) is 11.8 Å². The van der Waals surface area contributed by atoms with Gasteiger partial charge in [0.25, 0.3) is 0 Å². The molecule has 2 N–H and O–H groups in total. The van der Waals surface area contributed by atoms with Gasteiger partial charge in [-0.2, -0.15) is 0 Å². The van der Waals surface area contributed by atoms with Gasteiger partial charge in [-0.3, -0.25) is 4.99 Å². The molecular formula is C13H22N2O4S. The van der Waals surface area contributed by atoms with Crippen LogP contribution in [0.5, 0.6) is 0 Å². The van der Waals surface area contributed by atoms with E-state index in [-0.39, 0.29) is 5.92 Å². The molecule has 20 heavy (non-hydrogen) atoms. The molecule has 7 heteroatoms. The number of carboxylic acid groups (broad SMARTS) is 1. The molecule has 0 aliphatic carbocycles. The number of alkyl carbamates (subject to hydrolysis) is 1. The van der Waals surface area contributed by atoms with Crippen molar-refractivity contribution >= 4 is 28.9 Å². The van der Waals surface area contributed by atoms with Crippen LogP contribution in [-0.2, 0) is 9.53 Å². The minimum atomic E-state index is -1.05. The van der Waals surface area contributed by atoms with Crippen LogP contribution >= 0.6 is 11.8 Å². The van der Waals surface area contributed by atoms with E-state index in [0.717, 1.165) is 18.0 Å². The largest absolute Gasteiger partial charge is 0.480 e. The molecule has 1 aliphatic rings. The van der Waals surface area contributed by atoms with Gasteiger partial charge in [0.15, 0.2) is 0 Å². The van der Waals surface area contributed by atoms with Crippen LogP contribution < -0.4 is 5.32 Å². The molecule has 0 radical (unpaired) electrons. The third kappa shape index (κ3) is 5.40. The Kier molecular flexibility index (Phi) is 5.86. The summed E-state index contributed by atoms with van der Waals surface area (Å²) in [6, 6.07) is -0.953. The number of hydrogen-bond acceptors (Lipinski definition) is 5. The van der Waals surface area contributed by atoms with Crippen molar-refractivity contribution < 1.29 is 19.4 Å². The van der Waals surface area contributed by atoms with Crippen LogP contribution in [-0.4, -0.2) is 46.7 Å². The van der Waals surface area contributed by atoms with Crippen molar-refractivity contribution in [1.82, 2.24) is 5.32 Å². The number of carbonyl (C=O) groups excluding carboxylic acids is 1. The summed E-state index contributed by atoms with van der Waals surface area (Å²) in [4.78, 5) is 27.3. The van der Waals surface area contributed by atoms with Crippen LogP contribution in [0.4, 0.5) is 4.79 Å². The van der Waals surface area contributed by atoms with Crippen LogP contribution in [0.2, 0.25) is 0 Å². The normalized spacial score (nSPS) is 20.2. The van der Waals surface area contributed by atoms with Crippen LogP contribution in [0.25, 0.3) is 0 Å². The molecule has 0 bridgehead atoms. The summed E-state index contributed by atoms with van der Waals surface area (Å²) in [7, 11) is 0. The summed E-state index contributed by atoms with van der Waals surface area (Å²) in [5.41, 5.74) is -0.646. The number of thioether (sulfide) groups is 1. The van der Waals surface area contributed by atoms with Gasteiger partial charge in [0, 0.05) is 12.5 Å². The van der Waals surface area contributed by atoms with Gasteiger partial charge >= 0.3 is 12.1 Å². The lowest BCUT2D eigenvalue weighted by molar-refractivity contribution is -0.139. The molecule has 1 unspecified atom stereocenters. The number of rotatable bonds is 4. The zero-order valence-electron chi connectivity index (χ0n) is 12.3. The minimum Gasteiger partial charge on any atom is -0.480 e. The number of carbonyl (C=O) groups is 2. The Bertz CT molecular complexity index is 404. The number of ether oxygens (including phenoxy) is 1. The molecule has 1 aliphatic heterocycles. The van der Waals surface area contributed by atoms with Gasteiger partial charge < -0.3 is 15.2 Å². The fraction of sp³-hybridized carbons (Fsp3) is 0.769. The summed E-state index contributed by atoms with van der Waals surface area (Å²) in [6.45, 7) is 5.92. The lowest BCUT2D eigenvalue weighted by atomic mass is 9.99. The average molecular weight is 302 g/mol. The zero-order valence-corrected chi connectivity index (χ0v) is 13.1. The van der Waals surface area contributed by atoms with Crippen molar-refractivity contribution in [2.45, 2.75) is 45.3 Å². The van der Waals surface area contributed by atoms with E-state index in [4.69, 9.17) is 4.74 Å². The number of aliphatic carboxylic acids is 1. The summed E-state index contributed by atoms with van der Waals surface area (Å²) in [6.07, 6.45) is 2.39. The molecule has 1 heterocycles. The Morgan fingerprint density at radius 2 is 2.20 bits per heavy atom. The van der Waals surface area contributed by atoms with Crippen LogP contribution in [0.15, 0.2) is 4.99 Å². The van der Waals surface area contributed by atoms with Gasteiger partial charge in [-0.05, 0) is 39.9 Å². The molecule has 0 fully saturated rings. The van der Waals surface area contributed by atoms with Crippen LogP contribution in [0.1, 0.15) is 33.6 Å². The lowest BCUT2D eigenvalue weighted by Gasteiger charge is -2.23. The van der Waals surface area contributed by atoms with Crippen molar-refractivity contribution in [3.8, 4) is 0 Å². The summed E-state index contributed by atoms with van der Waals surface area (Å²) >= 11 is 1.54. The molecule has 0 spiro atoms. The van der Waals surface area contributed by atoms with Crippen molar-refractivity contribution in [2.75, 3.05) is 12.8 Å². The standard InChI is InChI=1S/C13H22N2O4S/c1-13(2,3)19-12(18)15-9(11(16)17)7-8-5-6-14-10(8)20-4/h8-9H,5-7H2,1-4H3,(H,15,18)(H,16,17)/t8-,9?/m0/s1. The fourth-order valence-electron chi connectivity index (χ4n) is 1.99. The molecule has 0 aromatic heterocycles. The third-order valence-corrected chi connectivity index (χ3v) is 3.69. The van der Waals surface area contributed by atoms with Gasteiger partial charge in [0.05, 0.1) is 5.04 Å². The van der Waals surface area contributed by atoms with E-state index in [2.05, 4.69) is 10.3 Å². The molecule has 1 amide bonds. The molecule has 0 aromatic carbocycles. The van der Waals surface area contributed by atoms with Crippen LogP contribution in [0.3, 0.4) is 0 Å². The first-order valence-corrected chi connectivity index (χ1v) is 7.76. The summed E-state index contributed by atoms with van der Waals surface area (Å²) in [5, 5.41) is 12.6. The molecule has 114 valence electrons. The average Bonchev–Trinajstić information content (AvgIpc) is 2.72. The minimum absolute atomic E-state index is 0.0982. The molecule has 0 saturated heterocycles. The summed E-state index contributed by atoms with van der Waals surface area (Å²) in [5.74, 6) is -0.954. The van der Waals surface area contributed by atoms with E-state index in [1.54, 1.807) is 20.8 Å². The maximum absolute atomic E-state index is 11.7. The van der Waals surface area contributed by atoms with Gasteiger partial charge in [-0.1, -0.05) is 0 Å². The Morgan fingerprint density at radius 3 is 2.70 bits per heavy atom. The highest BCUT2D eigenvalue weighted by Gasteiger charge is 2.30. The highest BCUT2D eigenvalue weighted by Crippen LogP contribution is 2.25. The van der Waals surface area contributed by atoms with E-state index < -0.39 is 23.7 Å². The van der Waals surface area contributed by atoms with E-state index in [9.17, 15) is 14.7 Å². The third-order valence-electron chi connectivity index (χ3n) is 2.81. The first-order valence-electron chi connectivity index (χ1n) is 6.53. The van der Waals surface area contributed by atoms with Crippen molar-refractivity contribution in [3.05, 3.63) is 0 Å². The zero-order chi connectivity index (χ0) is 15.3. The first-order chi connectivity index (χ1) is 9.23. The fourth-order valence-corrected chi connectivity index (χ4v) is 2.76. The van der Waals surface area contributed by atoms with E-state index in [1.807, 2.05) is 6.26 Å². The monoisotopic (exact) mass is 302 g/mol. The van der Waals surface area contributed by atoms with Gasteiger partial charge in [-0.25, -0.2) is 9.59 Å². The summed E-state index contributed by atoms with van der Waals surface area (Å²) < 4.78 is 5.09. The number of nitrogens with zero attached hydrogens (tertiary/aromatic N) is 1. The smallest absolute Gasteiger partial charge is 0.408 e. The van der Waals surface area contributed by atoms with Gasteiger partial charge in [0.2, 0.25) is 0 Å². The Morgan fingerprint density at radius 1 is 1.55 bits per heavy atom. The van der Waals surface area contributed by atoms with E-state index in [1.165, 1.54) is 11.8 Å². The quantitative estimate of drug-likeness (QED) is 0.830. The van der Waals surface area contributed by atoms with Crippen molar-refractivity contribution in [2.24, 2.45) is 10.9 Å². The highest BCUT2D eigenvalue weighted by molar-refractivity contribution is 8.13. The molecule has 0 saturated carbocycles. The van der Waals surface area contributed by atoms with Crippen LogP contribution in [0, 0.1) is 5.92 Å². The second-order valence-corrected chi connectivity index (χ2v) is 6.51. The Balaban J connectivity index is 2.60. The predicted octanol–water partition coefficient (Wildman–Crippen LogP) is 2.14. The molecular weight excluding hydrogens is 280 g/mol. The Labute approximate surface area is 123 Å². The SMILES string of the molecule is CSC1=NCC[C@H]1CC(NC(=O)OC(C)(C)C)C(=O)O. The predicted molar refractivity (Wildman–Crippen MR) is 79.3 cm³/mol. The van der Waals surface area contributed by atoms with Gasteiger partial charge in [0.1, 0.15) is 11.6 Å². The molecule has 2 atom stereocenters. The number of hydrogen-bond donors (Lipinski definition) is 2. The number of amides is 1. The molecule has 1 rings (SSSR count).